The van der Waals surface area contributed by atoms with Crippen LogP contribution in [0.25, 0.3) is 0 Å². The van der Waals surface area contributed by atoms with Gasteiger partial charge in [0.25, 0.3) is 0 Å². The Kier molecular flexibility index (Phi) is 4.76. The zero-order valence-corrected chi connectivity index (χ0v) is 15.4. The number of piperidine rings is 1. The van der Waals surface area contributed by atoms with Crippen LogP contribution in [0.1, 0.15) is 49.8 Å². The zero-order valence-electron chi connectivity index (χ0n) is 15.4. The predicted octanol–water partition coefficient (Wildman–Crippen LogP) is 2.52. The number of benzene rings is 1. The van der Waals surface area contributed by atoms with Crippen LogP contribution >= 0.6 is 0 Å². The van der Waals surface area contributed by atoms with Crippen molar-refractivity contribution in [2.24, 2.45) is 0 Å². The van der Waals surface area contributed by atoms with Gasteiger partial charge in [0.05, 0.1) is 6.54 Å². The first-order valence-corrected chi connectivity index (χ1v) is 9.70. The summed E-state index contributed by atoms with van der Waals surface area (Å²) in [5.74, 6) is 2.00. The highest BCUT2D eigenvalue weighted by Crippen LogP contribution is 2.39. The van der Waals surface area contributed by atoms with E-state index in [1.54, 1.807) is 0 Å². The minimum absolute atomic E-state index is 0.292. The number of amides is 1. The summed E-state index contributed by atoms with van der Waals surface area (Å²) >= 11 is 0. The fraction of sp³-hybridized carbons (Fsp3) is 0.550. The summed E-state index contributed by atoms with van der Waals surface area (Å²) in [7, 11) is 0. The van der Waals surface area contributed by atoms with Gasteiger partial charge in [-0.25, -0.2) is 4.98 Å². The Morgan fingerprint density at radius 1 is 1.12 bits per heavy atom. The van der Waals surface area contributed by atoms with Crippen LogP contribution in [0.3, 0.4) is 0 Å². The van der Waals surface area contributed by atoms with Crippen molar-refractivity contribution in [2.45, 2.75) is 57.7 Å². The summed E-state index contributed by atoms with van der Waals surface area (Å²) in [5, 5.41) is 7.29. The van der Waals surface area contributed by atoms with Crippen LogP contribution in [0.5, 0.6) is 0 Å². The van der Waals surface area contributed by atoms with Crippen molar-refractivity contribution in [1.82, 2.24) is 25.0 Å². The number of likely N-dealkylation sites (tertiary alicyclic amines) is 2. The summed E-state index contributed by atoms with van der Waals surface area (Å²) < 4.78 is 0. The first-order valence-electron chi connectivity index (χ1n) is 9.70. The molecule has 1 N–H and O–H groups in total. The SMILES string of the molecule is CCc1n[nH]c(CN2CCCC23CCCN(Cc2ccccc2)C3=O)n1. The van der Waals surface area contributed by atoms with Gasteiger partial charge in [0.15, 0.2) is 0 Å². The molecule has 2 fully saturated rings. The molecule has 26 heavy (non-hydrogen) atoms. The number of nitrogens with zero attached hydrogens (tertiary/aromatic N) is 4. The fourth-order valence-electron chi connectivity index (χ4n) is 4.45. The number of carbonyl (C=O) groups excluding carboxylic acids is 1. The Bertz CT molecular complexity index is 759. The molecule has 2 aliphatic heterocycles. The number of aryl methyl sites for hydroxylation is 1. The Balaban J connectivity index is 1.52. The van der Waals surface area contributed by atoms with Gasteiger partial charge in [0.2, 0.25) is 5.91 Å². The minimum Gasteiger partial charge on any atom is -0.337 e. The van der Waals surface area contributed by atoms with Crippen LogP contribution in [0.4, 0.5) is 0 Å². The lowest BCUT2D eigenvalue weighted by Gasteiger charge is -2.44. The second kappa shape index (κ2) is 7.19. The number of rotatable bonds is 5. The summed E-state index contributed by atoms with van der Waals surface area (Å²) in [6.07, 6.45) is 4.86. The highest BCUT2D eigenvalue weighted by molar-refractivity contribution is 5.87. The molecular formula is C20H27N5O. The molecule has 138 valence electrons. The van der Waals surface area contributed by atoms with Crippen molar-refractivity contribution >= 4 is 5.91 Å². The number of nitrogens with one attached hydrogen (secondary N) is 1. The number of H-pyrrole nitrogens is 1. The molecule has 2 saturated heterocycles. The average molecular weight is 353 g/mol. The zero-order chi connectivity index (χ0) is 18.0. The topological polar surface area (TPSA) is 65.1 Å². The maximum absolute atomic E-state index is 13.5. The third kappa shape index (κ3) is 3.14. The van der Waals surface area contributed by atoms with Crippen molar-refractivity contribution in [3.8, 4) is 0 Å². The standard InChI is InChI=1S/C20H27N5O/c1-2-17-21-18(23-22-17)15-25-13-7-11-20(25)10-6-12-24(19(20)26)14-16-8-4-3-5-9-16/h3-5,8-9H,2,6-7,10-15H2,1H3,(H,21,22,23). The van der Waals surface area contributed by atoms with Gasteiger partial charge in [-0.1, -0.05) is 37.3 Å². The molecule has 2 aliphatic rings. The first-order chi connectivity index (χ1) is 12.7. The Morgan fingerprint density at radius 2 is 1.88 bits per heavy atom. The van der Waals surface area contributed by atoms with E-state index in [2.05, 4.69) is 44.0 Å². The van der Waals surface area contributed by atoms with E-state index in [0.29, 0.717) is 19.0 Å². The third-order valence-corrected chi connectivity index (χ3v) is 5.78. The first kappa shape index (κ1) is 17.2. The summed E-state index contributed by atoms with van der Waals surface area (Å²) in [6.45, 7) is 5.24. The van der Waals surface area contributed by atoms with E-state index in [1.165, 1.54) is 5.56 Å². The summed E-state index contributed by atoms with van der Waals surface area (Å²) in [6, 6.07) is 10.3. The number of hydrogen-bond donors (Lipinski definition) is 1. The smallest absolute Gasteiger partial charge is 0.243 e. The predicted molar refractivity (Wildman–Crippen MR) is 99.2 cm³/mol. The molecule has 1 aromatic carbocycles. The lowest BCUT2D eigenvalue weighted by atomic mass is 9.85. The molecular weight excluding hydrogens is 326 g/mol. The maximum atomic E-state index is 13.5. The quantitative estimate of drug-likeness (QED) is 0.897. The molecule has 1 atom stereocenters. The minimum atomic E-state index is -0.355. The van der Waals surface area contributed by atoms with Crippen molar-refractivity contribution < 1.29 is 4.79 Å². The van der Waals surface area contributed by atoms with Crippen LogP contribution in [-0.4, -0.2) is 49.5 Å². The van der Waals surface area contributed by atoms with E-state index in [-0.39, 0.29) is 5.54 Å². The number of carbonyl (C=O) groups is 1. The molecule has 0 saturated carbocycles. The van der Waals surface area contributed by atoms with E-state index in [0.717, 1.165) is 56.8 Å². The lowest BCUT2D eigenvalue weighted by Crippen LogP contribution is -2.59. The van der Waals surface area contributed by atoms with E-state index < -0.39 is 0 Å². The van der Waals surface area contributed by atoms with Crippen molar-refractivity contribution in [2.75, 3.05) is 13.1 Å². The molecule has 2 aromatic rings. The number of aromatic nitrogens is 3. The Morgan fingerprint density at radius 3 is 2.62 bits per heavy atom. The molecule has 6 heteroatoms. The van der Waals surface area contributed by atoms with Crippen molar-refractivity contribution in [3.63, 3.8) is 0 Å². The molecule has 4 rings (SSSR count). The van der Waals surface area contributed by atoms with Gasteiger partial charge < -0.3 is 4.90 Å². The van der Waals surface area contributed by atoms with E-state index in [1.807, 2.05) is 18.2 Å². The van der Waals surface area contributed by atoms with Crippen LogP contribution in [0.2, 0.25) is 0 Å². The van der Waals surface area contributed by atoms with Gasteiger partial charge in [-0.05, 0) is 37.8 Å². The Hall–Kier alpha value is -2.21. The highest BCUT2D eigenvalue weighted by atomic mass is 16.2. The van der Waals surface area contributed by atoms with Gasteiger partial charge in [0.1, 0.15) is 17.2 Å². The summed E-state index contributed by atoms with van der Waals surface area (Å²) in [5.41, 5.74) is 0.844. The van der Waals surface area contributed by atoms with Crippen LogP contribution in [0, 0.1) is 0 Å². The molecule has 6 nitrogen and oxygen atoms in total. The lowest BCUT2D eigenvalue weighted by molar-refractivity contribution is -0.148. The van der Waals surface area contributed by atoms with Crippen molar-refractivity contribution in [3.05, 3.63) is 47.5 Å². The second-order valence-electron chi connectivity index (χ2n) is 7.42. The molecule has 1 spiro atoms. The second-order valence-corrected chi connectivity index (χ2v) is 7.42. The van der Waals surface area contributed by atoms with Crippen LogP contribution < -0.4 is 0 Å². The molecule has 0 bridgehead atoms. The largest absolute Gasteiger partial charge is 0.337 e. The fourth-order valence-corrected chi connectivity index (χ4v) is 4.45. The molecule has 1 aromatic heterocycles. The van der Waals surface area contributed by atoms with Gasteiger partial charge >= 0.3 is 0 Å². The van der Waals surface area contributed by atoms with E-state index in [9.17, 15) is 4.79 Å². The van der Waals surface area contributed by atoms with Crippen LogP contribution in [0.15, 0.2) is 30.3 Å². The number of aromatic amines is 1. The van der Waals surface area contributed by atoms with Gasteiger partial charge in [-0.15, -0.1) is 0 Å². The third-order valence-electron chi connectivity index (χ3n) is 5.78. The van der Waals surface area contributed by atoms with Gasteiger partial charge in [-0.3, -0.25) is 14.8 Å². The molecule has 0 aliphatic carbocycles. The Labute approximate surface area is 154 Å². The van der Waals surface area contributed by atoms with Crippen LogP contribution in [-0.2, 0) is 24.3 Å². The monoisotopic (exact) mass is 353 g/mol. The van der Waals surface area contributed by atoms with Gasteiger partial charge in [0, 0.05) is 19.5 Å². The van der Waals surface area contributed by atoms with Gasteiger partial charge in [-0.2, -0.15) is 5.10 Å². The van der Waals surface area contributed by atoms with Crippen molar-refractivity contribution in [1.29, 1.82) is 0 Å². The number of hydrogen-bond acceptors (Lipinski definition) is 4. The molecule has 1 unspecified atom stereocenters. The molecule has 1 amide bonds. The summed E-state index contributed by atoms with van der Waals surface area (Å²) in [4.78, 5) is 22.4. The normalized spacial score (nSPS) is 23.9. The average Bonchev–Trinajstić information content (AvgIpc) is 3.28. The maximum Gasteiger partial charge on any atom is 0.243 e. The van der Waals surface area contributed by atoms with E-state index in [4.69, 9.17) is 0 Å². The van der Waals surface area contributed by atoms with E-state index >= 15 is 0 Å². The highest BCUT2D eigenvalue weighted by Gasteiger charge is 2.50. The molecule has 0 radical (unpaired) electrons. The molecule has 3 heterocycles.